The van der Waals surface area contributed by atoms with Gasteiger partial charge in [0, 0.05) is 51.1 Å². The fraction of sp³-hybridized carbons (Fsp3) is 0.727. The number of unbranched alkanes of at least 4 members (excludes halogenated alkanes) is 1. The van der Waals surface area contributed by atoms with Crippen LogP contribution in [-0.4, -0.2) is 94.6 Å². The van der Waals surface area contributed by atoms with Crippen LogP contribution in [0.25, 0.3) is 0 Å². The third-order valence-corrected chi connectivity index (χ3v) is 7.18. The Kier molecular flexibility index (Phi) is 5.45. The third-order valence-electron chi connectivity index (χ3n) is 7.18. The molecule has 0 saturated carbocycles. The number of anilines is 1. The van der Waals surface area contributed by atoms with Gasteiger partial charge in [0.25, 0.3) is 0 Å². The van der Waals surface area contributed by atoms with Crippen LogP contribution in [0.3, 0.4) is 0 Å². The Morgan fingerprint density at radius 1 is 1.23 bits per heavy atom. The SMILES string of the molecule is CCCCC(=O)N1CCC(N2C(=O)O[C@H]3CN(c4ncnc5c4CN(C)CC5)C[C@H]32)C1. The van der Waals surface area contributed by atoms with Crippen LogP contribution in [0.15, 0.2) is 6.33 Å². The molecular formula is C22H32N6O3. The molecule has 0 aromatic carbocycles. The van der Waals surface area contributed by atoms with Crippen LogP contribution >= 0.6 is 0 Å². The molecule has 0 N–H and O–H groups in total. The van der Waals surface area contributed by atoms with Gasteiger partial charge in [0.1, 0.15) is 18.2 Å². The summed E-state index contributed by atoms with van der Waals surface area (Å²) >= 11 is 0. The number of amides is 2. The van der Waals surface area contributed by atoms with Crippen molar-refractivity contribution < 1.29 is 14.3 Å². The lowest BCUT2D eigenvalue weighted by molar-refractivity contribution is -0.130. The van der Waals surface area contributed by atoms with Gasteiger partial charge >= 0.3 is 6.09 Å². The molecule has 1 unspecified atom stereocenters. The van der Waals surface area contributed by atoms with E-state index in [2.05, 4.69) is 33.7 Å². The van der Waals surface area contributed by atoms with Gasteiger partial charge in [-0.2, -0.15) is 0 Å². The van der Waals surface area contributed by atoms with Gasteiger partial charge in [-0.05, 0) is 19.9 Å². The van der Waals surface area contributed by atoms with Crippen molar-refractivity contribution in [3.63, 3.8) is 0 Å². The lowest BCUT2D eigenvalue weighted by Crippen LogP contribution is -2.46. The molecule has 168 valence electrons. The van der Waals surface area contributed by atoms with E-state index >= 15 is 0 Å². The second-order valence-electron chi connectivity index (χ2n) is 9.30. The quantitative estimate of drug-likeness (QED) is 0.698. The number of rotatable bonds is 5. The van der Waals surface area contributed by atoms with Crippen molar-refractivity contribution in [3.8, 4) is 0 Å². The fourth-order valence-corrected chi connectivity index (χ4v) is 5.47. The van der Waals surface area contributed by atoms with Gasteiger partial charge in [-0.1, -0.05) is 13.3 Å². The Morgan fingerprint density at radius 2 is 2.10 bits per heavy atom. The van der Waals surface area contributed by atoms with Gasteiger partial charge in [0.05, 0.1) is 24.3 Å². The Hall–Kier alpha value is -2.42. The first-order valence-electron chi connectivity index (χ1n) is 11.6. The number of hydrogen-bond donors (Lipinski definition) is 0. The molecule has 2 amide bonds. The molecule has 31 heavy (non-hydrogen) atoms. The van der Waals surface area contributed by atoms with E-state index in [-0.39, 0.29) is 30.2 Å². The van der Waals surface area contributed by atoms with E-state index in [4.69, 9.17) is 4.74 Å². The summed E-state index contributed by atoms with van der Waals surface area (Å²) in [7, 11) is 2.12. The molecule has 9 nitrogen and oxygen atoms in total. The predicted molar refractivity (Wildman–Crippen MR) is 115 cm³/mol. The van der Waals surface area contributed by atoms with Crippen LogP contribution in [-0.2, 0) is 22.5 Å². The van der Waals surface area contributed by atoms with E-state index in [1.54, 1.807) is 6.33 Å². The van der Waals surface area contributed by atoms with Crippen LogP contribution in [0.4, 0.5) is 10.6 Å². The average Bonchev–Trinajstić information content (AvgIpc) is 3.46. The number of nitrogens with zero attached hydrogens (tertiary/aromatic N) is 6. The summed E-state index contributed by atoms with van der Waals surface area (Å²) in [5.41, 5.74) is 2.33. The topological polar surface area (TPSA) is 82.1 Å². The number of hydrogen-bond acceptors (Lipinski definition) is 7. The molecule has 1 aromatic heterocycles. The van der Waals surface area contributed by atoms with Crippen LogP contribution in [0.5, 0.6) is 0 Å². The van der Waals surface area contributed by atoms with Crippen molar-refractivity contribution in [3.05, 3.63) is 17.6 Å². The van der Waals surface area contributed by atoms with Crippen LogP contribution in [0.1, 0.15) is 43.9 Å². The van der Waals surface area contributed by atoms with Gasteiger partial charge in [-0.15, -0.1) is 0 Å². The van der Waals surface area contributed by atoms with Crippen LogP contribution < -0.4 is 4.90 Å². The van der Waals surface area contributed by atoms with Gasteiger partial charge in [-0.3, -0.25) is 9.69 Å². The highest BCUT2D eigenvalue weighted by Crippen LogP contribution is 2.35. The lowest BCUT2D eigenvalue weighted by Gasteiger charge is -2.30. The summed E-state index contributed by atoms with van der Waals surface area (Å²) in [5.74, 6) is 1.18. The maximum atomic E-state index is 12.7. The minimum absolute atomic E-state index is 0.00938. The summed E-state index contributed by atoms with van der Waals surface area (Å²) in [6, 6.07) is 0.0496. The zero-order valence-corrected chi connectivity index (χ0v) is 18.5. The molecule has 0 spiro atoms. The highest BCUT2D eigenvalue weighted by Gasteiger charge is 2.52. The Morgan fingerprint density at radius 3 is 2.94 bits per heavy atom. The maximum absolute atomic E-state index is 12.7. The third kappa shape index (κ3) is 3.73. The molecule has 4 aliphatic heterocycles. The standard InChI is InChI=1S/C22H32N6O3/c1-3-4-5-20(29)26-9-6-15(10-26)28-18-12-27(13-19(18)31-22(28)30)21-16-11-25(2)8-7-17(16)23-14-24-21/h14-15,18-19H,3-13H2,1-2H3/t15?,18-,19+/m1/s1. The van der Waals surface area contributed by atoms with Crippen molar-refractivity contribution in [2.75, 3.05) is 44.7 Å². The number of carbonyl (C=O) groups is 2. The smallest absolute Gasteiger partial charge is 0.410 e. The van der Waals surface area contributed by atoms with Gasteiger partial charge in [-0.25, -0.2) is 14.8 Å². The first-order chi connectivity index (χ1) is 15.0. The highest BCUT2D eigenvalue weighted by molar-refractivity contribution is 5.77. The summed E-state index contributed by atoms with van der Waals surface area (Å²) in [4.78, 5) is 42.6. The highest BCUT2D eigenvalue weighted by atomic mass is 16.6. The average molecular weight is 429 g/mol. The predicted octanol–water partition coefficient (Wildman–Crippen LogP) is 1.27. The van der Waals surface area contributed by atoms with E-state index in [0.717, 1.165) is 56.8 Å². The van der Waals surface area contributed by atoms with Crippen LogP contribution in [0.2, 0.25) is 0 Å². The van der Waals surface area contributed by atoms with Crippen molar-refractivity contribution in [1.29, 1.82) is 0 Å². The summed E-state index contributed by atoms with van der Waals surface area (Å²) < 4.78 is 5.78. The molecule has 0 aliphatic carbocycles. The molecular weight excluding hydrogens is 396 g/mol. The largest absolute Gasteiger partial charge is 0.442 e. The number of aromatic nitrogens is 2. The van der Waals surface area contributed by atoms with Gasteiger partial charge in [0.2, 0.25) is 5.91 Å². The summed E-state index contributed by atoms with van der Waals surface area (Å²) in [6.45, 7) is 6.67. The van der Waals surface area contributed by atoms with Crippen molar-refractivity contribution in [2.45, 2.75) is 63.8 Å². The molecule has 0 bridgehead atoms. The van der Waals surface area contributed by atoms with Gasteiger partial charge < -0.3 is 19.4 Å². The maximum Gasteiger partial charge on any atom is 0.410 e. The molecule has 3 saturated heterocycles. The van der Waals surface area contributed by atoms with Crippen molar-refractivity contribution in [2.24, 2.45) is 0 Å². The monoisotopic (exact) mass is 428 g/mol. The van der Waals surface area contributed by atoms with E-state index in [1.807, 2.05) is 9.80 Å². The Balaban J connectivity index is 1.29. The molecule has 3 fully saturated rings. The second-order valence-corrected chi connectivity index (χ2v) is 9.30. The van der Waals surface area contributed by atoms with E-state index in [1.165, 1.54) is 5.56 Å². The molecule has 5 rings (SSSR count). The van der Waals surface area contributed by atoms with Gasteiger partial charge in [0.15, 0.2) is 0 Å². The number of likely N-dealkylation sites (N-methyl/N-ethyl adjacent to an activating group) is 1. The first-order valence-corrected chi connectivity index (χ1v) is 11.6. The second kappa shape index (κ2) is 8.26. The zero-order chi connectivity index (χ0) is 21.5. The first kappa shape index (κ1) is 20.5. The fourth-order valence-electron chi connectivity index (χ4n) is 5.47. The normalized spacial score (nSPS) is 28.1. The van der Waals surface area contributed by atoms with Crippen molar-refractivity contribution >= 4 is 17.8 Å². The summed E-state index contributed by atoms with van der Waals surface area (Å²) in [5, 5.41) is 0. The number of ether oxygens (including phenoxy) is 1. The molecule has 3 atom stereocenters. The molecule has 5 heterocycles. The molecule has 9 heteroatoms. The van der Waals surface area contributed by atoms with E-state index in [0.29, 0.717) is 26.1 Å². The number of carbonyl (C=O) groups excluding carboxylic acids is 2. The number of likely N-dealkylation sites (tertiary alicyclic amines) is 1. The minimum Gasteiger partial charge on any atom is -0.442 e. The Bertz CT molecular complexity index is 864. The minimum atomic E-state index is -0.230. The number of fused-ring (bicyclic) bond motifs is 2. The van der Waals surface area contributed by atoms with E-state index in [9.17, 15) is 9.59 Å². The van der Waals surface area contributed by atoms with E-state index < -0.39 is 0 Å². The lowest BCUT2D eigenvalue weighted by atomic mass is 10.1. The molecule has 0 radical (unpaired) electrons. The zero-order valence-electron chi connectivity index (χ0n) is 18.5. The van der Waals surface area contributed by atoms with Crippen molar-refractivity contribution in [1.82, 2.24) is 24.7 Å². The Labute approximate surface area is 183 Å². The summed E-state index contributed by atoms with van der Waals surface area (Å²) in [6.07, 6.45) is 5.58. The van der Waals surface area contributed by atoms with Crippen LogP contribution in [0, 0.1) is 0 Å². The molecule has 1 aromatic rings. The molecule has 4 aliphatic rings.